The molecule has 0 aromatic heterocycles. The lowest BCUT2D eigenvalue weighted by molar-refractivity contribution is -0.148. The highest BCUT2D eigenvalue weighted by Crippen LogP contribution is 1.92. The van der Waals surface area contributed by atoms with Gasteiger partial charge in [0.15, 0.2) is 6.10 Å². The van der Waals surface area contributed by atoms with Crippen LogP contribution in [0.4, 0.5) is 4.79 Å². The van der Waals surface area contributed by atoms with Crippen LogP contribution in [0.15, 0.2) is 0 Å². The highest BCUT2D eigenvalue weighted by Gasteiger charge is 2.18. The maximum Gasteiger partial charge on any atom is 0.334 e. The molecule has 0 aliphatic rings. The molecule has 0 aromatic carbocycles. The fraction of sp³-hybridized carbons (Fsp3) is 0.818. The minimum atomic E-state index is -1.11. The molecule has 0 radical (unpaired) electrons. The number of nitrogens with one attached hydrogen (secondary N) is 1. The van der Waals surface area contributed by atoms with E-state index in [0.717, 1.165) is 0 Å². The fourth-order valence-corrected chi connectivity index (χ4v) is 1.11. The lowest BCUT2D eigenvalue weighted by atomic mass is 10.3. The number of ether oxygens (including phenoxy) is 2. The van der Waals surface area contributed by atoms with Gasteiger partial charge in [-0.3, -0.25) is 0 Å². The van der Waals surface area contributed by atoms with Gasteiger partial charge < -0.3 is 24.8 Å². The van der Waals surface area contributed by atoms with Crippen molar-refractivity contribution in [3.8, 4) is 0 Å². The number of methoxy groups -OCH3 is 1. The van der Waals surface area contributed by atoms with Gasteiger partial charge in [0.05, 0.1) is 19.3 Å². The molecule has 106 valence electrons. The van der Waals surface area contributed by atoms with E-state index >= 15 is 0 Å². The zero-order valence-corrected chi connectivity index (χ0v) is 11.3. The number of urea groups is 1. The Balaban J connectivity index is 3.90. The zero-order chi connectivity index (χ0) is 14.1. The number of carboxylic acid groups (broad SMARTS) is 1. The molecular weight excluding hydrogens is 240 g/mol. The maximum atomic E-state index is 11.6. The van der Waals surface area contributed by atoms with Crippen LogP contribution in [0.25, 0.3) is 0 Å². The van der Waals surface area contributed by atoms with E-state index in [1.54, 1.807) is 7.05 Å². The van der Waals surface area contributed by atoms with Crippen molar-refractivity contribution in [1.29, 1.82) is 0 Å². The van der Waals surface area contributed by atoms with Gasteiger partial charge in [-0.15, -0.1) is 0 Å². The lowest BCUT2D eigenvalue weighted by Gasteiger charge is -2.20. The van der Waals surface area contributed by atoms with E-state index in [4.69, 9.17) is 14.6 Å². The number of aliphatic carboxylic acids is 1. The van der Waals surface area contributed by atoms with Crippen molar-refractivity contribution in [2.75, 3.05) is 33.9 Å². The Morgan fingerprint density at radius 3 is 2.44 bits per heavy atom. The minimum absolute atomic E-state index is 0.0694. The topological polar surface area (TPSA) is 88.1 Å². The van der Waals surface area contributed by atoms with Crippen molar-refractivity contribution in [2.45, 2.75) is 26.1 Å². The molecule has 7 heteroatoms. The van der Waals surface area contributed by atoms with Gasteiger partial charge in [-0.2, -0.15) is 0 Å². The van der Waals surface area contributed by atoms with E-state index < -0.39 is 12.1 Å². The molecule has 18 heavy (non-hydrogen) atoms. The number of hydrogen-bond donors (Lipinski definition) is 2. The second-order valence-electron chi connectivity index (χ2n) is 4.09. The summed E-state index contributed by atoms with van der Waals surface area (Å²) < 4.78 is 10.0. The van der Waals surface area contributed by atoms with E-state index in [2.05, 4.69) is 5.32 Å². The van der Waals surface area contributed by atoms with Crippen LogP contribution in [0.5, 0.6) is 0 Å². The summed E-state index contributed by atoms with van der Waals surface area (Å²) in [5, 5.41) is 11.2. The number of hydrogen-bond acceptors (Lipinski definition) is 4. The molecule has 0 aliphatic heterocycles. The number of rotatable bonds is 8. The maximum absolute atomic E-state index is 11.6. The molecule has 1 unspecified atom stereocenters. The molecule has 0 spiro atoms. The highest BCUT2D eigenvalue weighted by molar-refractivity contribution is 5.76. The summed E-state index contributed by atoms with van der Waals surface area (Å²) in [7, 11) is 2.90. The van der Waals surface area contributed by atoms with Gasteiger partial charge in [-0.05, 0) is 13.8 Å². The van der Waals surface area contributed by atoms with E-state index in [0.29, 0.717) is 13.2 Å². The first-order chi connectivity index (χ1) is 8.38. The van der Waals surface area contributed by atoms with Crippen LogP contribution in [0, 0.1) is 0 Å². The van der Waals surface area contributed by atoms with Crippen LogP contribution in [-0.4, -0.2) is 68.1 Å². The highest BCUT2D eigenvalue weighted by atomic mass is 16.5. The van der Waals surface area contributed by atoms with Crippen LogP contribution >= 0.6 is 0 Å². The average Bonchev–Trinajstić information content (AvgIpc) is 2.28. The Labute approximate surface area is 107 Å². The van der Waals surface area contributed by atoms with Gasteiger partial charge in [-0.1, -0.05) is 0 Å². The van der Waals surface area contributed by atoms with Gasteiger partial charge >= 0.3 is 12.0 Å². The number of nitrogens with zero attached hydrogens (tertiary/aromatic N) is 1. The summed E-state index contributed by atoms with van der Waals surface area (Å²) in [6, 6.07) is -0.356. The fourth-order valence-electron chi connectivity index (χ4n) is 1.11. The van der Waals surface area contributed by atoms with Crippen LogP contribution in [0.2, 0.25) is 0 Å². The number of amides is 2. The monoisotopic (exact) mass is 262 g/mol. The normalized spacial score (nSPS) is 12.3. The molecule has 1 atom stereocenters. The second kappa shape index (κ2) is 8.71. The van der Waals surface area contributed by atoms with Crippen molar-refractivity contribution in [3.05, 3.63) is 0 Å². The third-order valence-electron chi connectivity index (χ3n) is 2.22. The molecule has 0 aliphatic carbocycles. The third kappa shape index (κ3) is 7.08. The van der Waals surface area contributed by atoms with Crippen LogP contribution in [0.1, 0.15) is 13.8 Å². The molecule has 0 fully saturated rings. The third-order valence-corrected chi connectivity index (χ3v) is 2.22. The predicted molar refractivity (Wildman–Crippen MR) is 65.5 cm³/mol. The summed E-state index contributed by atoms with van der Waals surface area (Å²) in [4.78, 5) is 23.7. The van der Waals surface area contributed by atoms with Gasteiger partial charge in [0, 0.05) is 20.7 Å². The van der Waals surface area contributed by atoms with Crippen LogP contribution in [-0.2, 0) is 14.3 Å². The van der Waals surface area contributed by atoms with Gasteiger partial charge in [0.2, 0.25) is 0 Å². The van der Waals surface area contributed by atoms with E-state index in [1.165, 1.54) is 12.0 Å². The van der Waals surface area contributed by atoms with Gasteiger partial charge in [0.1, 0.15) is 0 Å². The van der Waals surface area contributed by atoms with E-state index in [1.807, 2.05) is 13.8 Å². The Kier molecular flexibility index (Phi) is 8.06. The summed E-state index contributed by atoms with van der Waals surface area (Å²) in [5.74, 6) is -1.11. The molecule has 0 saturated heterocycles. The van der Waals surface area contributed by atoms with Gasteiger partial charge in [0.25, 0.3) is 0 Å². The Morgan fingerprint density at radius 1 is 1.39 bits per heavy atom. The smallest absolute Gasteiger partial charge is 0.334 e. The number of carboxylic acids is 1. The molecule has 7 nitrogen and oxygen atoms in total. The first kappa shape index (κ1) is 16.7. The van der Waals surface area contributed by atoms with Crippen molar-refractivity contribution < 1.29 is 24.2 Å². The molecule has 0 aromatic rings. The Bertz CT molecular complexity index is 270. The predicted octanol–water partition coefficient (Wildman–Crippen LogP) is 0.152. The summed E-state index contributed by atoms with van der Waals surface area (Å²) in [5.41, 5.74) is 0. The average molecular weight is 262 g/mol. The molecule has 0 rings (SSSR count). The quantitative estimate of drug-likeness (QED) is 0.650. The standard InChI is InChI=1S/C11H22N2O5/c1-8(2)18-6-5-13(3)11(16)12-7-9(17-4)10(14)15/h8-9H,5-7H2,1-4H3,(H,12,16)(H,14,15). The minimum Gasteiger partial charge on any atom is -0.479 e. The first-order valence-electron chi connectivity index (χ1n) is 5.74. The molecule has 0 heterocycles. The molecule has 2 N–H and O–H groups in total. The van der Waals surface area contributed by atoms with Crippen LogP contribution < -0.4 is 5.32 Å². The molecule has 0 saturated carbocycles. The lowest BCUT2D eigenvalue weighted by Crippen LogP contribution is -2.44. The summed E-state index contributed by atoms with van der Waals surface area (Å²) in [6.45, 7) is 4.63. The SMILES string of the molecule is COC(CNC(=O)N(C)CCOC(C)C)C(=O)O. The molecular formula is C11H22N2O5. The molecule has 0 bridgehead atoms. The van der Waals surface area contributed by atoms with E-state index in [-0.39, 0.29) is 18.7 Å². The first-order valence-corrected chi connectivity index (χ1v) is 5.74. The second-order valence-corrected chi connectivity index (χ2v) is 4.09. The summed E-state index contributed by atoms with van der Waals surface area (Å²) >= 11 is 0. The van der Waals surface area contributed by atoms with E-state index in [9.17, 15) is 9.59 Å². The van der Waals surface area contributed by atoms with Crippen molar-refractivity contribution >= 4 is 12.0 Å². The van der Waals surface area contributed by atoms with Crippen LogP contribution in [0.3, 0.4) is 0 Å². The Morgan fingerprint density at radius 2 is 2.00 bits per heavy atom. The Hall–Kier alpha value is -1.34. The van der Waals surface area contributed by atoms with Crippen molar-refractivity contribution in [2.24, 2.45) is 0 Å². The largest absolute Gasteiger partial charge is 0.479 e. The van der Waals surface area contributed by atoms with Crippen molar-refractivity contribution in [3.63, 3.8) is 0 Å². The number of carbonyl (C=O) groups excluding carboxylic acids is 1. The number of carbonyl (C=O) groups is 2. The number of likely N-dealkylation sites (N-methyl/N-ethyl adjacent to an activating group) is 1. The van der Waals surface area contributed by atoms with Crippen molar-refractivity contribution in [1.82, 2.24) is 10.2 Å². The molecule has 2 amide bonds. The summed E-state index contributed by atoms with van der Waals surface area (Å²) in [6.07, 6.45) is -0.916. The zero-order valence-electron chi connectivity index (χ0n) is 11.3. The van der Waals surface area contributed by atoms with Gasteiger partial charge in [-0.25, -0.2) is 9.59 Å².